The molecule has 2 heterocycles. The van der Waals surface area contributed by atoms with Gasteiger partial charge in [0.2, 0.25) is 5.91 Å². The van der Waals surface area contributed by atoms with Gasteiger partial charge >= 0.3 is 0 Å². The van der Waals surface area contributed by atoms with Gasteiger partial charge < -0.3 is 19.5 Å². The summed E-state index contributed by atoms with van der Waals surface area (Å²) in [7, 11) is 0. The Kier molecular flexibility index (Phi) is 7.10. The lowest BCUT2D eigenvalue weighted by atomic mass is 10.1. The van der Waals surface area contributed by atoms with E-state index in [2.05, 4.69) is 15.4 Å². The van der Waals surface area contributed by atoms with Crippen LogP contribution in [0.15, 0.2) is 28.8 Å². The van der Waals surface area contributed by atoms with Crippen LogP contribution in [0.2, 0.25) is 0 Å². The van der Waals surface area contributed by atoms with E-state index in [4.69, 9.17) is 9.26 Å². The smallest absolute Gasteiger partial charge is 0.254 e. The topological polar surface area (TPSA) is 87.9 Å². The van der Waals surface area contributed by atoms with Gasteiger partial charge in [-0.2, -0.15) is 0 Å². The molecule has 0 saturated carbocycles. The van der Waals surface area contributed by atoms with E-state index in [0.29, 0.717) is 50.6 Å². The van der Waals surface area contributed by atoms with E-state index in [1.165, 1.54) is 0 Å². The van der Waals surface area contributed by atoms with E-state index >= 15 is 0 Å². The van der Waals surface area contributed by atoms with Crippen LogP contribution in [0.1, 0.15) is 41.2 Å². The first-order chi connectivity index (χ1) is 14.3. The Bertz CT molecular complexity index is 866. The predicted octanol–water partition coefficient (Wildman–Crippen LogP) is 2.15. The molecular weight excluding hydrogens is 384 g/mol. The first-order valence-corrected chi connectivity index (χ1v) is 10.3. The maximum atomic E-state index is 12.9. The van der Waals surface area contributed by atoms with Crippen LogP contribution in [0.3, 0.4) is 0 Å². The normalized spacial score (nSPS) is 14.8. The van der Waals surface area contributed by atoms with Gasteiger partial charge in [0.15, 0.2) is 0 Å². The Morgan fingerprint density at radius 3 is 2.57 bits per heavy atom. The molecule has 1 fully saturated rings. The molecule has 0 bridgehead atoms. The molecule has 3 rings (SSSR count). The molecular formula is C22H30N4O4. The molecule has 0 aliphatic carbocycles. The van der Waals surface area contributed by atoms with Gasteiger partial charge in [0, 0.05) is 37.8 Å². The van der Waals surface area contributed by atoms with E-state index in [9.17, 15) is 9.59 Å². The third-order valence-corrected chi connectivity index (χ3v) is 5.12. The van der Waals surface area contributed by atoms with Crippen LogP contribution in [0, 0.1) is 13.8 Å². The molecule has 1 N–H and O–H groups in total. The average molecular weight is 415 g/mol. The molecule has 30 heavy (non-hydrogen) atoms. The van der Waals surface area contributed by atoms with Gasteiger partial charge in [-0.3, -0.25) is 14.5 Å². The number of ether oxygens (including phenoxy) is 1. The van der Waals surface area contributed by atoms with Crippen molar-refractivity contribution in [3.8, 4) is 5.75 Å². The van der Waals surface area contributed by atoms with Crippen LogP contribution < -0.4 is 10.1 Å². The highest BCUT2D eigenvalue weighted by Crippen LogP contribution is 2.19. The zero-order chi connectivity index (χ0) is 21.7. The number of hydrogen-bond donors (Lipinski definition) is 1. The highest BCUT2D eigenvalue weighted by molar-refractivity contribution is 5.94. The van der Waals surface area contributed by atoms with Gasteiger partial charge in [-0.1, -0.05) is 11.2 Å². The fraction of sp³-hybridized carbons (Fsp3) is 0.500. The largest absolute Gasteiger partial charge is 0.489 e. The third-order valence-electron chi connectivity index (χ3n) is 5.12. The average Bonchev–Trinajstić information content (AvgIpc) is 3.03. The Hall–Kier alpha value is -2.87. The van der Waals surface area contributed by atoms with Gasteiger partial charge in [0.25, 0.3) is 5.91 Å². The Morgan fingerprint density at radius 2 is 1.93 bits per heavy atom. The van der Waals surface area contributed by atoms with E-state index in [0.717, 1.165) is 17.0 Å². The fourth-order valence-corrected chi connectivity index (χ4v) is 3.44. The molecule has 0 radical (unpaired) electrons. The van der Waals surface area contributed by atoms with Crippen molar-refractivity contribution in [3.63, 3.8) is 0 Å². The number of nitrogens with zero attached hydrogens (tertiary/aromatic N) is 3. The quantitative estimate of drug-likeness (QED) is 0.747. The summed E-state index contributed by atoms with van der Waals surface area (Å²) in [6, 6.07) is 7.35. The number of nitrogens with one attached hydrogen (secondary N) is 1. The zero-order valence-corrected chi connectivity index (χ0v) is 18.1. The second-order valence-corrected chi connectivity index (χ2v) is 7.91. The van der Waals surface area contributed by atoms with E-state index in [1.807, 2.05) is 44.7 Å². The van der Waals surface area contributed by atoms with Crippen LogP contribution in [0.5, 0.6) is 5.75 Å². The van der Waals surface area contributed by atoms with Gasteiger partial charge in [0.1, 0.15) is 18.1 Å². The summed E-state index contributed by atoms with van der Waals surface area (Å²) in [4.78, 5) is 28.7. The lowest BCUT2D eigenvalue weighted by Gasteiger charge is -2.34. The Labute approximate surface area is 177 Å². The molecule has 1 aliphatic rings. The predicted molar refractivity (Wildman–Crippen MR) is 112 cm³/mol. The minimum Gasteiger partial charge on any atom is -0.489 e. The van der Waals surface area contributed by atoms with Crippen LogP contribution in [-0.4, -0.2) is 65.5 Å². The monoisotopic (exact) mass is 414 g/mol. The maximum Gasteiger partial charge on any atom is 0.254 e. The van der Waals surface area contributed by atoms with Gasteiger partial charge in [-0.05, 0) is 45.9 Å². The molecule has 0 atom stereocenters. The molecule has 8 heteroatoms. The van der Waals surface area contributed by atoms with E-state index in [1.54, 1.807) is 12.1 Å². The van der Waals surface area contributed by atoms with Crippen molar-refractivity contribution in [2.75, 3.05) is 32.7 Å². The number of carbonyl (C=O) groups excluding carboxylic acids is 2. The lowest BCUT2D eigenvalue weighted by molar-refractivity contribution is -0.123. The second kappa shape index (κ2) is 9.75. The molecule has 1 aliphatic heterocycles. The first-order valence-electron chi connectivity index (χ1n) is 10.3. The van der Waals surface area contributed by atoms with Gasteiger partial charge in [-0.15, -0.1) is 0 Å². The summed E-state index contributed by atoms with van der Waals surface area (Å²) >= 11 is 0. The van der Waals surface area contributed by atoms with Crippen LogP contribution in [0.25, 0.3) is 0 Å². The van der Waals surface area contributed by atoms with Crippen molar-refractivity contribution >= 4 is 11.8 Å². The van der Waals surface area contributed by atoms with E-state index in [-0.39, 0.29) is 17.9 Å². The number of benzene rings is 1. The number of carbonyl (C=O) groups is 2. The standard InChI is InChI=1S/C22H30N4O4/c1-15(2)23-21(27)13-25-8-10-26(11-9-25)22(28)18-6-5-7-19(12-18)29-14-20-16(3)24-30-17(20)4/h5-7,12,15H,8-11,13-14H2,1-4H3,(H,23,27). The van der Waals surface area contributed by atoms with Crippen LogP contribution in [-0.2, 0) is 11.4 Å². The molecule has 2 aromatic rings. The van der Waals surface area contributed by atoms with Crippen LogP contribution >= 0.6 is 0 Å². The molecule has 1 aromatic heterocycles. The molecule has 0 spiro atoms. The van der Waals surface area contributed by atoms with E-state index < -0.39 is 0 Å². The van der Waals surface area contributed by atoms with Crippen molar-refractivity contribution in [3.05, 3.63) is 46.8 Å². The highest BCUT2D eigenvalue weighted by atomic mass is 16.5. The molecule has 162 valence electrons. The number of aromatic nitrogens is 1. The number of rotatable bonds is 7. The number of hydrogen-bond acceptors (Lipinski definition) is 6. The molecule has 1 aromatic carbocycles. The SMILES string of the molecule is Cc1noc(C)c1COc1cccc(C(=O)N2CCN(CC(=O)NC(C)C)CC2)c1. The van der Waals surface area contributed by atoms with Gasteiger partial charge in [0.05, 0.1) is 17.8 Å². The Morgan fingerprint density at radius 1 is 1.20 bits per heavy atom. The van der Waals surface area contributed by atoms with Crippen molar-refractivity contribution in [1.29, 1.82) is 0 Å². The van der Waals surface area contributed by atoms with Crippen molar-refractivity contribution in [2.45, 2.75) is 40.3 Å². The molecule has 0 unspecified atom stereocenters. The maximum absolute atomic E-state index is 12.9. The summed E-state index contributed by atoms with van der Waals surface area (Å²) in [5.41, 5.74) is 2.32. The first kappa shape index (κ1) is 21.8. The summed E-state index contributed by atoms with van der Waals surface area (Å²) in [6.45, 7) is 10.9. The third kappa shape index (κ3) is 5.60. The number of aryl methyl sites for hydroxylation is 2. The Balaban J connectivity index is 1.53. The van der Waals surface area contributed by atoms with Crippen molar-refractivity contribution in [1.82, 2.24) is 20.3 Å². The second-order valence-electron chi connectivity index (χ2n) is 7.91. The van der Waals surface area contributed by atoms with Crippen molar-refractivity contribution < 1.29 is 18.8 Å². The summed E-state index contributed by atoms with van der Waals surface area (Å²) in [5.74, 6) is 1.36. The lowest BCUT2D eigenvalue weighted by Crippen LogP contribution is -2.51. The minimum absolute atomic E-state index is 0.0212. The number of amides is 2. The zero-order valence-electron chi connectivity index (χ0n) is 18.1. The summed E-state index contributed by atoms with van der Waals surface area (Å²) in [6.07, 6.45) is 0. The molecule has 2 amide bonds. The summed E-state index contributed by atoms with van der Waals surface area (Å²) < 4.78 is 11.0. The fourth-order valence-electron chi connectivity index (χ4n) is 3.44. The molecule has 1 saturated heterocycles. The van der Waals surface area contributed by atoms with Crippen LogP contribution in [0.4, 0.5) is 0 Å². The minimum atomic E-state index is -0.0240. The number of piperazine rings is 1. The van der Waals surface area contributed by atoms with Gasteiger partial charge in [-0.25, -0.2) is 0 Å². The van der Waals surface area contributed by atoms with Crippen molar-refractivity contribution in [2.24, 2.45) is 0 Å². The summed E-state index contributed by atoms with van der Waals surface area (Å²) in [5, 5.41) is 6.83. The molecule has 8 nitrogen and oxygen atoms in total. The highest BCUT2D eigenvalue weighted by Gasteiger charge is 2.23.